The van der Waals surface area contributed by atoms with E-state index >= 15 is 0 Å². The first kappa shape index (κ1) is 10.9. The largest absolute Gasteiger partial charge is 0.386 e. The van der Waals surface area contributed by atoms with Crippen LogP contribution in [0.4, 0.5) is 0 Å². The van der Waals surface area contributed by atoms with Crippen molar-refractivity contribution in [2.45, 2.75) is 39.3 Å². The zero-order valence-electron chi connectivity index (χ0n) is 8.77. The third kappa shape index (κ3) is 2.67. The highest BCUT2D eigenvalue weighted by atomic mass is 16.3. The van der Waals surface area contributed by atoms with Gasteiger partial charge >= 0.3 is 0 Å². The van der Waals surface area contributed by atoms with E-state index in [-0.39, 0.29) is 12.2 Å². The average Bonchev–Trinajstić information content (AvgIpc) is 2.52. The quantitative estimate of drug-likeness (QED) is 0.780. The normalized spacial score (nSPS) is 13.2. The highest BCUT2D eigenvalue weighted by molar-refractivity contribution is 5.84. The van der Waals surface area contributed by atoms with Crippen LogP contribution in [0.15, 0.2) is 12.3 Å². The number of hydrogen-bond acceptors (Lipinski definition) is 3. The van der Waals surface area contributed by atoms with Crippen LogP contribution < -0.4 is 0 Å². The summed E-state index contributed by atoms with van der Waals surface area (Å²) in [5.74, 6) is -0.195. The Hall–Kier alpha value is -1.16. The van der Waals surface area contributed by atoms with Crippen LogP contribution in [0.25, 0.3) is 0 Å². The highest BCUT2D eigenvalue weighted by Crippen LogP contribution is 2.05. The van der Waals surface area contributed by atoms with Crippen molar-refractivity contribution in [2.24, 2.45) is 0 Å². The molecule has 0 saturated heterocycles. The van der Waals surface area contributed by atoms with Gasteiger partial charge in [0.15, 0.2) is 5.78 Å². The standard InChI is InChI=1S/C10H16N2O2/c1-7(2)12-5-4-9(11-12)6-10(14)8(3)13/h4-5,7-8,13H,6H2,1-3H3. The molecule has 1 atom stereocenters. The Bertz CT molecular complexity index is 316. The minimum atomic E-state index is -0.904. The van der Waals surface area contributed by atoms with Gasteiger partial charge in [0.25, 0.3) is 0 Å². The molecule has 1 N–H and O–H groups in total. The molecule has 4 heteroatoms. The second-order valence-corrected chi connectivity index (χ2v) is 3.70. The number of carbonyl (C=O) groups is 1. The van der Waals surface area contributed by atoms with E-state index in [0.29, 0.717) is 11.7 Å². The zero-order chi connectivity index (χ0) is 10.7. The lowest BCUT2D eigenvalue weighted by Gasteiger charge is -2.04. The molecule has 4 nitrogen and oxygen atoms in total. The van der Waals surface area contributed by atoms with Crippen molar-refractivity contribution in [1.29, 1.82) is 0 Å². The lowest BCUT2D eigenvalue weighted by atomic mass is 10.1. The van der Waals surface area contributed by atoms with Gasteiger partial charge in [0.2, 0.25) is 0 Å². The van der Waals surface area contributed by atoms with E-state index < -0.39 is 6.10 Å². The summed E-state index contributed by atoms with van der Waals surface area (Å²) >= 11 is 0. The van der Waals surface area contributed by atoms with Crippen LogP contribution in [0.2, 0.25) is 0 Å². The van der Waals surface area contributed by atoms with E-state index in [4.69, 9.17) is 5.11 Å². The molecule has 1 rings (SSSR count). The predicted molar refractivity (Wildman–Crippen MR) is 53.0 cm³/mol. The topological polar surface area (TPSA) is 55.1 Å². The number of aliphatic hydroxyl groups is 1. The average molecular weight is 196 g/mol. The molecule has 1 aromatic heterocycles. The lowest BCUT2D eigenvalue weighted by Crippen LogP contribution is -2.18. The van der Waals surface area contributed by atoms with Crippen LogP contribution in [-0.2, 0) is 11.2 Å². The molecular weight excluding hydrogens is 180 g/mol. The molecule has 78 valence electrons. The third-order valence-corrected chi connectivity index (χ3v) is 2.01. The van der Waals surface area contributed by atoms with E-state index in [1.54, 1.807) is 10.7 Å². The number of Topliss-reactive ketones (excluding diaryl/α,β-unsaturated/α-hetero) is 1. The Kier molecular flexibility index (Phi) is 3.41. The molecule has 0 bridgehead atoms. The number of rotatable bonds is 4. The Labute approximate surface area is 83.5 Å². The van der Waals surface area contributed by atoms with Crippen molar-refractivity contribution in [1.82, 2.24) is 9.78 Å². The number of nitrogens with zero attached hydrogens (tertiary/aromatic N) is 2. The maximum atomic E-state index is 11.2. The molecule has 1 heterocycles. The van der Waals surface area contributed by atoms with Gasteiger partial charge in [0.05, 0.1) is 12.1 Å². The number of hydrogen-bond donors (Lipinski definition) is 1. The molecule has 0 spiro atoms. The molecular formula is C10H16N2O2. The predicted octanol–water partition coefficient (Wildman–Crippen LogP) is 0.956. The third-order valence-electron chi connectivity index (χ3n) is 2.01. The first-order valence-corrected chi connectivity index (χ1v) is 4.75. The highest BCUT2D eigenvalue weighted by Gasteiger charge is 2.11. The van der Waals surface area contributed by atoms with Crippen molar-refractivity contribution >= 4 is 5.78 Å². The Morgan fingerprint density at radius 1 is 1.57 bits per heavy atom. The number of ketones is 1. The van der Waals surface area contributed by atoms with E-state index in [9.17, 15) is 4.79 Å². The molecule has 0 aliphatic rings. The van der Waals surface area contributed by atoms with Crippen LogP contribution in [0.3, 0.4) is 0 Å². The fourth-order valence-electron chi connectivity index (χ4n) is 1.09. The molecule has 1 unspecified atom stereocenters. The molecule has 0 radical (unpaired) electrons. The van der Waals surface area contributed by atoms with Crippen LogP contribution in [0, 0.1) is 0 Å². The van der Waals surface area contributed by atoms with Gasteiger partial charge in [-0.25, -0.2) is 0 Å². The van der Waals surface area contributed by atoms with Crippen molar-refractivity contribution in [2.75, 3.05) is 0 Å². The molecule has 0 fully saturated rings. The van der Waals surface area contributed by atoms with Gasteiger partial charge in [-0.2, -0.15) is 5.10 Å². The van der Waals surface area contributed by atoms with Crippen molar-refractivity contribution in [3.05, 3.63) is 18.0 Å². The van der Waals surface area contributed by atoms with Crippen molar-refractivity contribution < 1.29 is 9.90 Å². The van der Waals surface area contributed by atoms with Gasteiger partial charge in [-0.15, -0.1) is 0 Å². The van der Waals surface area contributed by atoms with Crippen LogP contribution >= 0.6 is 0 Å². The maximum Gasteiger partial charge on any atom is 0.166 e. The van der Waals surface area contributed by atoms with Gasteiger partial charge in [0, 0.05) is 12.2 Å². The monoisotopic (exact) mass is 196 g/mol. The van der Waals surface area contributed by atoms with Crippen LogP contribution in [-0.4, -0.2) is 26.8 Å². The van der Waals surface area contributed by atoms with Crippen LogP contribution in [0.5, 0.6) is 0 Å². The summed E-state index contributed by atoms with van der Waals surface area (Å²) < 4.78 is 1.80. The molecule has 0 saturated carbocycles. The number of carbonyl (C=O) groups excluding carboxylic acids is 1. The van der Waals surface area contributed by atoms with Crippen molar-refractivity contribution in [3.8, 4) is 0 Å². The number of aromatic nitrogens is 2. The first-order valence-electron chi connectivity index (χ1n) is 4.75. The van der Waals surface area contributed by atoms with Gasteiger partial charge in [-0.1, -0.05) is 0 Å². The maximum absolute atomic E-state index is 11.2. The van der Waals surface area contributed by atoms with Gasteiger partial charge in [-0.3, -0.25) is 9.48 Å². The fraction of sp³-hybridized carbons (Fsp3) is 0.600. The molecule has 0 aromatic carbocycles. The summed E-state index contributed by atoms with van der Waals surface area (Å²) in [6.45, 7) is 5.52. The molecule has 0 aliphatic carbocycles. The van der Waals surface area contributed by atoms with E-state index in [2.05, 4.69) is 5.10 Å². The summed E-state index contributed by atoms with van der Waals surface area (Å²) in [6.07, 6.45) is 1.14. The van der Waals surface area contributed by atoms with Gasteiger partial charge < -0.3 is 5.11 Å². The van der Waals surface area contributed by atoms with Gasteiger partial charge in [-0.05, 0) is 26.8 Å². The van der Waals surface area contributed by atoms with Gasteiger partial charge in [0.1, 0.15) is 6.10 Å². The SMILES string of the molecule is CC(O)C(=O)Cc1ccn(C(C)C)n1. The first-order chi connectivity index (χ1) is 6.50. The summed E-state index contributed by atoms with van der Waals surface area (Å²) in [7, 11) is 0. The van der Waals surface area contributed by atoms with E-state index in [0.717, 1.165) is 0 Å². The summed E-state index contributed by atoms with van der Waals surface area (Å²) in [6, 6.07) is 2.10. The number of aliphatic hydroxyl groups excluding tert-OH is 1. The lowest BCUT2D eigenvalue weighted by molar-refractivity contribution is -0.125. The molecule has 14 heavy (non-hydrogen) atoms. The molecule has 0 aliphatic heterocycles. The molecule has 0 amide bonds. The van der Waals surface area contributed by atoms with E-state index in [1.807, 2.05) is 20.0 Å². The second-order valence-electron chi connectivity index (χ2n) is 3.70. The Morgan fingerprint density at radius 3 is 2.64 bits per heavy atom. The molecule has 1 aromatic rings. The summed E-state index contributed by atoms with van der Waals surface area (Å²) in [5, 5.41) is 13.2. The Balaban J connectivity index is 2.64. The summed E-state index contributed by atoms with van der Waals surface area (Å²) in [5.41, 5.74) is 0.713. The summed E-state index contributed by atoms with van der Waals surface area (Å²) in [4.78, 5) is 11.2. The fourth-order valence-corrected chi connectivity index (χ4v) is 1.09. The van der Waals surface area contributed by atoms with Crippen molar-refractivity contribution in [3.63, 3.8) is 0 Å². The minimum Gasteiger partial charge on any atom is -0.386 e. The minimum absolute atomic E-state index is 0.195. The smallest absolute Gasteiger partial charge is 0.166 e. The zero-order valence-corrected chi connectivity index (χ0v) is 8.77. The van der Waals surface area contributed by atoms with Crippen LogP contribution in [0.1, 0.15) is 32.5 Å². The van der Waals surface area contributed by atoms with E-state index in [1.165, 1.54) is 6.92 Å². The second kappa shape index (κ2) is 4.37. The Morgan fingerprint density at radius 2 is 2.21 bits per heavy atom.